The van der Waals surface area contributed by atoms with Gasteiger partial charge in [-0.05, 0) is 50.0 Å². The van der Waals surface area contributed by atoms with Crippen LogP contribution in [0.5, 0.6) is 0 Å². The summed E-state index contributed by atoms with van der Waals surface area (Å²) in [7, 11) is 0. The van der Waals surface area contributed by atoms with Gasteiger partial charge in [0.2, 0.25) is 0 Å². The van der Waals surface area contributed by atoms with Crippen molar-refractivity contribution in [2.75, 3.05) is 13.1 Å². The second kappa shape index (κ2) is 6.64. The molecule has 1 aromatic rings. The number of halogens is 3. The van der Waals surface area contributed by atoms with E-state index in [2.05, 4.69) is 12.2 Å². The summed E-state index contributed by atoms with van der Waals surface area (Å²) in [5.41, 5.74) is 0.377. The van der Waals surface area contributed by atoms with E-state index in [4.69, 9.17) is 0 Å². The van der Waals surface area contributed by atoms with Crippen LogP contribution in [0, 0.1) is 0 Å². The minimum atomic E-state index is -4.23. The van der Waals surface area contributed by atoms with Crippen LogP contribution >= 0.6 is 0 Å². The predicted molar refractivity (Wildman–Crippen MR) is 62.9 cm³/mol. The summed E-state index contributed by atoms with van der Waals surface area (Å²) in [6.45, 7) is 4.00. The number of hydrogen-bond acceptors (Lipinski definition) is 1. The molecule has 0 saturated carbocycles. The fourth-order valence-electron chi connectivity index (χ4n) is 1.58. The molecule has 1 rings (SSSR count). The van der Waals surface area contributed by atoms with Crippen LogP contribution in [0.3, 0.4) is 0 Å². The van der Waals surface area contributed by atoms with Crippen molar-refractivity contribution >= 4 is 0 Å². The molecule has 0 radical (unpaired) electrons. The van der Waals surface area contributed by atoms with Gasteiger partial charge in [0.1, 0.15) is 0 Å². The highest BCUT2D eigenvalue weighted by atomic mass is 19.4. The monoisotopic (exact) mass is 245 g/mol. The minimum Gasteiger partial charge on any atom is -0.317 e. The third-order valence-electron chi connectivity index (χ3n) is 2.53. The molecule has 0 fully saturated rings. The van der Waals surface area contributed by atoms with Gasteiger partial charge in [0.25, 0.3) is 0 Å². The third-order valence-corrected chi connectivity index (χ3v) is 2.53. The van der Waals surface area contributed by atoms with Crippen LogP contribution in [-0.2, 0) is 12.6 Å². The van der Waals surface area contributed by atoms with Crippen LogP contribution < -0.4 is 5.32 Å². The molecule has 0 spiro atoms. The van der Waals surface area contributed by atoms with E-state index < -0.39 is 11.7 Å². The standard InChI is InChI=1S/C13H18F3N/c1-2-9-17-10-3-4-11-5-7-12(8-6-11)13(14,15)16/h5-8,17H,2-4,9-10H2,1H3. The van der Waals surface area contributed by atoms with Crippen molar-refractivity contribution in [3.8, 4) is 0 Å². The zero-order chi connectivity index (χ0) is 12.7. The van der Waals surface area contributed by atoms with Gasteiger partial charge in [-0.2, -0.15) is 13.2 Å². The smallest absolute Gasteiger partial charge is 0.317 e. The lowest BCUT2D eigenvalue weighted by molar-refractivity contribution is -0.137. The first-order valence-corrected chi connectivity index (χ1v) is 5.91. The van der Waals surface area contributed by atoms with Gasteiger partial charge < -0.3 is 5.32 Å². The molecule has 0 aliphatic carbocycles. The molecule has 0 amide bonds. The van der Waals surface area contributed by atoms with Crippen molar-refractivity contribution < 1.29 is 13.2 Å². The summed E-state index contributed by atoms with van der Waals surface area (Å²) in [5.74, 6) is 0. The Morgan fingerprint density at radius 2 is 1.71 bits per heavy atom. The van der Waals surface area contributed by atoms with E-state index in [0.29, 0.717) is 0 Å². The van der Waals surface area contributed by atoms with Crippen molar-refractivity contribution in [2.24, 2.45) is 0 Å². The first-order chi connectivity index (χ1) is 8.04. The average molecular weight is 245 g/mol. The summed E-state index contributed by atoms with van der Waals surface area (Å²) in [5, 5.41) is 3.26. The van der Waals surface area contributed by atoms with E-state index in [1.165, 1.54) is 0 Å². The Morgan fingerprint density at radius 1 is 1.06 bits per heavy atom. The number of benzene rings is 1. The van der Waals surface area contributed by atoms with Crippen molar-refractivity contribution in [3.05, 3.63) is 35.4 Å². The van der Waals surface area contributed by atoms with Crippen LogP contribution in [0.1, 0.15) is 30.9 Å². The summed E-state index contributed by atoms with van der Waals surface area (Å²) < 4.78 is 36.9. The molecule has 0 aliphatic heterocycles. The van der Waals surface area contributed by atoms with Gasteiger partial charge in [0.05, 0.1) is 5.56 Å². The van der Waals surface area contributed by atoms with Crippen molar-refractivity contribution in [2.45, 2.75) is 32.4 Å². The van der Waals surface area contributed by atoms with Crippen molar-refractivity contribution in [3.63, 3.8) is 0 Å². The molecular weight excluding hydrogens is 227 g/mol. The summed E-state index contributed by atoms with van der Waals surface area (Å²) >= 11 is 0. The molecule has 1 nitrogen and oxygen atoms in total. The molecule has 4 heteroatoms. The molecule has 1 N–H and O–H groups in total. The Labute approximate surface area is 100 Å². The predicted octanol–water partition coefficient (Wildman–Crippen LogP) is 3.64. The molecule has 0 heterocycles. The molecule has 0 unspecified atom stereocenters. The molecule has 0 bridgehead atoms. The van der Waals surface area contributed by atoms with Gasteiger partial charge >= 0.3 is 6.18 Å². The number of nitrogens with one attached hydrogen (secondary N) is 1. The molecule has 0 aromatic heterocycles. The molecular formula is C13H18F3N. The van der Waals surface area contributed by atoms with Crippen molar-refractivity contribution in [1.29, 1.82) is 0 Å². The molecule has 96 valence electrons. The van der Waals surface area contributed by atoms with Crippen molar-refractivity contribution in [1.82, 2.24) is 5.32 Å². The Morgan fingerprint density at radius 3 is 2.24 bits per heavy atom. The maximum Gasteiger partial charge on any atom is 0.416 e. The SMILES string of the molecule is CCCNCCCc1ccc(C(F)(F)F)cc1. The number of aryl methyl sites for hydroxylation is 1. The largest absolute Gasteiger partial charge is 0.416 e. The Balaban J connectivity index is 2.36. The lowest BCUT2D eigenvalue weighted by Gasteiger charge is -2.07. The lowest BCUT2D eigenvalue weighted by atomic mass is 10.1. The van der Waals surface area contributed by atoms with E-state index in [-0.39, 0.29) is 0 Å². The second-order valence-corrected chi connectivity index (χ2v) is 4.05. The van der Waals surface area contributed by atoms with Crippen LogP contribution in [-0.4, -0.2) is 13.1 Å². The van der Waals surface area contributed by atoms with Gasteiger partial charge in [-0.15, -0.1) is 0 Å². The average Bonchev–Trinajstić information content (AvgIpc) is 2.28. The van der Waals surface area contributed by atoms with Crippen LogP contribution in [0.15, 0.2) is 24.3 Å². The first-order valence-electron chi connectivity index (χ1n) is 5.91. The topological polar surface area (TPSA) is 12.0 Å². The normalized spacial score (nSPS) is 11.8. The second-order valence-electron chi connectivity index (χ2n) is 4.05. The summed E-state index contributed by atoms with van der Waals surface area (Å²) in [6.07, 6.45) is -1.37. The Kier molecular flexibility index (Phi) is 5.48. The summed E-state index contributed by atoms with van der Waals surface area (Å²) in [4.78, 5) is 0. The molecule has 0 atom stereocenters. The highest BCUT2D eigenvalue weighted by molar-refractivity contribution is 5.24. The molecule has 1 aromatic carbocycles. The maximum atomic E-state index is 12.3. The number of hydrogen-bond donors (Lipinski definition) is 1. The fraction of sp³-hybridized carbons (Fsp3) is 0.538. The van der Waals surface area contributed by atoms with Crippen LogP contribution in [0.2, 0.25) is 0 Å². The Hall–Kier alpha value is -1.03. The zero-order valence-electron chi connectivity index (χ0n) is 9.98. The Bertz CT molecular complexity index is 316. The summed E-state index contributed by atoms with van der Waals surface area (Å²) in [6, 6.07) is 5.41. The fourth-order valence-corrected chi connectivity index (χ4v) is 1.58. The van der Waals surface area contributed by atoms with Gasteiger partial charge in [0.15, 0.2) is 0 Å². The van der Waals surface area contributed by atoms with E-state index >= 15 is 0 Å². The van der Waals surface area contributed by atoms with E-state index in [9.17, 15) is 13.2 Å². The van der Waals surface area contributed by atoms with Crippen LogP contribution in [0.25, 0.3) is 0 Å². The van der Waals surface area contributed by atoms with E-state index in [0.717, 1.165) is 50.0 Å². The highest BCUT2D eigenvalue weighted by Gasteiger charge is 2.29. The number of rotatable bonds is 6. The zero-order valence-corrected chi connectivity index (χ0v) is 9.98. The van der Waals surface area contributed by atoms with Gasteiger partial charge in [-0.1, -0.05) is 19.1 Å². The van der Waals surface area contributed by atoms with Gasteiger partial charge in [-0.25, -0.2) is 0 Å². The van der Waals surface area contributed by atoms with Gasteiger partial charge in [0, 0.05) is 0 Å². The third kappa shape index (κ3) is 5.22. The van der Waals surface area contributed by atoms with Crippen LogP contribution in [0.4, 0.5) is 13.2 Å². The molecule has 0 aliphatic rings. The highest BCUT2D eigenvalue weighted by Crippen LogP contribution is 2.29. The first kappa shape index (κ1) is 14.0. The molecule has 0 saturated heterocycles. The van der Waals surface area contributed by atoms with E-state index in [1.54, 1.807) is 12.1 Å². The minimum absolute atomic E-state index is 0.578. The van der Waals surface area contributed by atoms with Gasteiger partial charge in [-0.3, -0.25) is 0 Å². The lowest BCUT2D eigenvalue weighted by Crippen LogP contribution is -2.16. The van der Waals surface area contributed by atoms with E-state index in [1.807, 2.05) is 0 Å². The maximum absolute atomic E-state index is 12.3. The number of alkyl halides is 3. The quantitative estimate of drug-likeness (QED) is 0.754. The molecule has 17 heavy (non-hydrogen) atoms.